The Hall–Kier alpha value is -1.03. The molecule has 1 aliphatic heterocycles. The molecule has 1 fully saturated rings. The smallest absolute Gasteiger partial charge is 0.311 e. The number of halogens is 1. The van der Waals surface area contributed by atoms with Gasteiger partial charge in [-0.25, -0.2) is 0 Å². The summed E-state index contributed by atoms with van der Waals surface area (Å²) >= 11 is 3.36. The van der Waals surface area contributed by atoms with Crippen LogP contribution in [0.2, 0.25) is 0 Å². The molecule has 2 aliphatic rings. The van der Waals surface area contributed by atoms with Crippen LogP contribution in [0.5, 0.6) is 5.75 Å². The van der Waals surface area contributed by atoms with Crippen LogP contribution in [0.15, 0.2) is 22.7 Å². The van der Waals surface area contributed by atoms with Gasteiger partial charge in [0.2, 0.25) is 0 Å². The molecule has 3 unspecified atom stereocenters. The van der Waals surface area contributed by atoms with Crippen LogP contribution in [0, 0.1) is 5.92 Å². The molecule has 0 radical (unpaired) electrons. The summed E-state index contributed by atoms with van der Waals surface area (Å²) in [7, 11) is 0. The van der Waals surface area contributed by atoms with E-state index < -0.39 is 5.97 Å². The third-order valence-electron chi connectivity index (χ3n) is 3.47. The highest BCUT2D eigenvalue weighted by Gasteiger charge is 2.72. The van der Waals surface area contributed by atoms with Gasteiger partial charge in [-0.2, -0.15) is 0 Å². The zero-order valence-electron chi connectivity index (χ0n) is 8.03. The van der Waals surface area contributed by atoms with Crippen molar-refractivity contribution in [3.8, 4) is 5.75 Å². The Morgan fingerprint density at radius 2 is 2.33 bits per heavy atom. The van der Waals surface area contributed by atoms with Crippen molar-refractivity contribution < 1.29 is 14.6 Å². The molecule has 1 aromatic rings. The quantitative estimate of drug-likeness (QED) is 0.850. The molecule has 15 heavy (non-hydrogen) atoms. The van der Waals surface area contributed by atoms with Gasteiger partial charge in [0.1, 0.15) is 17.8 Å². The molecule has 4 heteroatoms. The maximum Gasteiger partial charge on any atom is 0.311 e. The average Bonchev–Trinajstić information content (AvgIpc) is 2.62. The van der Waals surface area contributed by atoms with E-state index in [-0.39, 0.29) is 17.4 Å². The van der Waals surface area contributed by atoms with Crippen molar-refractivity contribution in [3.05, 3.63) is 28.2 Å². The molecule has 1 saturated carbocycles. The number of hydrogen-bond donors (Lipinski definition) is 1. The molecule has 1 heterocycles. The number of aliphatic carboxylic acids is 1. The Kier molecular flexibility index (Phi) is 1.57. The molecule has 3 rings (SSSR count). The van der Waals surface area contributed by atoms with Crippen molar-refractivity contribution in [2.45, 2.75) is 18.4 Å². The maximum atomic E-state index is 11.0. The zero-order valence-corrected chi connectivity index (χ0v) is 9.61. The molecule has 0 bridgehead atoms. The predicted octanol–water partition coefficient (Wildman–Crippen LogP) is 2.18. The van der Waals surface area contributed by atoms with Gasteiger partial charge in [0, 0.05) is 10.0 Å². The lowest BCUT2D eigenvalue weighted by Gasteiger charge is -2.09. The van der Waals surface area contributed by atoms with Crippen LogP contribution in [0.1, 0.15) is 12.5 Å². The van der Waals surface area contributed by atoms with Crippen molar-refractivity contribution in [2.24, 2.45) is 5.92 Å². The SMILES string of the molecule is CC12c3ccc(Br)cc3OC1C2C(=O)O. The Bertz CT molecular complexity index is 471. The van der Waals surface area contributed by atoms with Crippen LogP contribution in [0.25, 0.3) is 0 Å². The van der Waals surface area contributed by atoms with E-state index in [9.17, 15) is 4.79 Å². The summed E-state index contributed by atoms with van der Waals surface area (Å²) in [5.74, 6) is -0.336. The van der Waals surface area contributed by atoms with Crippen molar-refractivity contribution in [1.82, 2.24) is 0 Å². The highest BCUT2D eigenvalue weighted by molar-refractivity contribution is 9.10. The van der Waals surface area contributed by atoms with E-state index in [0.29, 0.717) is 0 Å². The fourth-order valence-corrected chi connectivity index (χ4v) is 2.89. The first-order valence-electron chi connectivity index (χ1n) is 4.74. The number of carboxylic acids is 1. The van der Waals surface area contributed by atoms with Gasteiger partial charge in [-0.3, -0.25) is 4.79 Å². The molecule has 1 aliphatic carbocycles. The molecule has 3 nitrogen and oxygen atoms in total. The normalized spacial score (nSPS) is 35.3. The fourth-order valence-electron chi connectivity index (χ4n) is 2.55. The summed E-state index contributed by atoms with van der Waals surface area (Å²) in [6.45, 7) is 1.95. The number of carboxylic acid groups (broad SMARTS) is 1. The van der Waals surface area contributed by atoms with E-state index in [2.05, 4.69) is 15.9 Å². The van der Waals surface area contributed by atoms with Gasteiger partial charge < -0.3 is 9.84 Å². The van der Waals surface area contributed by atoms with Gasteiger partial charge in [0.05, 0.1) is 5.41 Å². The van der Waals surface area contributed by atoms with E-state index in [4.69, 9.17) is 9.84 Å². The summed E-state index contributed by atoms with van der Waals surface area (Å²) in [5, 5.41) is 9.02. The van der Waals surface area contributed by atoms with Gasteiger partial charge in [0.25, 0.3) is 0 Å². The number of carbonyl (C=O) groups is 1. The summed E-state index contributed by atoms with van der Waals surface area (Å²) in [4.78, 5) is 11.0. The zero-order chi connectivity index (χ0) is 10.8. The predicted molar refractivity (Wildman–Crippen MR) is 57.0 cm³/mol. The second kappa shape index (κ2) is 2.55. The largest absolute Gasteiger partial charge is 0.488 e. The molecule has 0 spiro atoms. The first-order chi connectivity index (χ1) is 7.05. The molecule has 0 amide bonds. The first-order valence-corrected chi connectivity index (χ1v) is 5.54. The lowest BCUT2D eigenvalue weighted by atomic mass is 9.95. The van der Waals surface area contributed by atoms with E-state index in [1.54, 1.807) is 0 Å². The molecule has 3 atom stereocenters. The topological polar surface area (TPSA) is 46.5 Å². The lowest BCUT2D eigenvalue weighted by molar-refractivity contribution is -0.139. The molecule has 1 aromatic carbocycles. The van der Waals surface area contributed by atoms with Crippen molar-refractivity contribution in [3.63, 3.8) is 0 Å². The second-order valence-electron chi connectivity index (χ2n) is 4.28. The van der Waals surface area contributed by atoms with Crippen molar-refractivity contribution in [2.75, 3.05) is 0 Å². The van der Waals surface area contributed by atoms with Gasteiger partial charge in [-0.15, -0.1) is 0 Å². The van der Waals surface area contributed by atoms with E-state index in [1.165, 1.54) is 0 Å². The minimum Gasteiger partial charge on any atom is -0.488 e. The van der Waals surface area contributed by atoms with E-state index >= 15 is 0 Å². The number of ether oxygens (including phenoxy) is 1. The Balaban J connectivity index is 2.08. The number of hydrogen-bond acceptors (Lipinski definition) is 2. The summed E-state index contributed by atoms with van der Waals surface area (Å²) in [6, 6.07) is 5.76. The second-order valence-corrected chi connectivity index (χ2v) is 5.19. The number of rotatable bonds is 1. The van der Waals surface area contributed by atoms with Gasteiger partial charge in [0.15, 0.2) is 0 Å². The third kappa shape index (κ3) is 0.977. The van der Waals surface area contributed by atoms with E-state index in [1.807, 2.05) is 25.1 Å². The Labute approximate surface area is 95.2 Å². The van der Waals surface area contributed by atoms with Crippen LogP contribution in [-0.2, 0) is 10.2 Å². The standard InChI is InChI=1S/C11H9BrO3/c1-11-6-3-2-5(12)4-7(6)15-9(11)8(11)10(13)14/h2-4,8-9H,1H3,(H,13,14). The monoisotopic (exact) mass is 268 g/mol. The van der Waals surface area contributed by atoms with Crippen molar-refractivity contribution in [1.29, 1.82) is 0 Å². The van der Waals surface area contributed by atoms with Crippen molar-refractivity contribution >= 4 is 21.9 Å². The number of fused-ring (bicyclic) bond motifs is 3. The minimum atomic E-state index is -0.768. The van der Waals surface area contributed by atoms with Gasteiger partial charge in [-0.05, 0) is 12.1 Å². The molecular weight excluding hydrogens is 260 g/mol. The molecule has 78 valence electrons. The highest BCUT2D eigenvalue weighted by Crippen LogP contribution is 2.63. The Morgan fingerprint density at radius 1 is 1.60 bits per heavy atom. The highest BCUT2D eigenvalue weighted by atomic mass is 79.9. The van der Waals surface area contributed by atoms with Gasteiger partial charge in [-0.1, -0.05) is 28.9 Å². The molecular formula is C11H9BrO3. The minimum absolute atomic E-state index is 0.181. The Morgan fingerprint density at radius 3 is 3.00 bits per heavy atom. The third-order valence-corrected chi connectivity index (χ3v) is 3.97. The lowest BCUT2D eigenvalue weighted by Crippen LogP contribution is -2.11. The number of benzene rings is 1. The van der Waals surface area contributed by atoms with E-state index in [0.717, 1.165) is 15.8 Å². The summed E-state index contributed by atoms with van der Waals surface area (Å²) in [6.07, 6.45) is -0.181. The molecule has 0 aromatic heterocycles. The molecule has 1 N–H and O–H groups in total. The van der Waals surface area contributed by atoms with Gasteiger partial charge >= 0.3 is 5.97 Å². The summed E-state index contributed by atoms with van der Waals surface area (Å²) in [5.41, 5.74) is 0.699. The average molecular weight is 269 g/mol. The molecule has 0 saturated heterocycles. The van der Waals surface area contributed by atoms with Crippen LogP contribution >= 0.6 is 15.9 Å². The van der Waals surface area contributed by atoms with Crippen LogP contribution in [0.3, 0.4) is 0 Å². The van der Waals surface area contributed by atoms with Crippen LogP contribution < -0.4 is 4.74 Å². The fraction of sp³-hybridized carbons (Fsp3) is 0.364. The summed E-state index contributed by atoms with van der Waals surface area (Å²) < 4.78 is 6.58. The van der Waals surface area contributed by atoms with Crippen LogP contribution in [-0.4, -0.2) is 17.2 Å². The van der Waals surface area contributed by atoms with Crippen LogP contribution in [0.4, 0.5) is 0 Å². The first kappa shape index (κ1) is 9.21. The maximum absolute atomic E-state index is 11.0.